The number of rotatable bonds is 2. The van der Waals surface area contributed by atoms with E-state index in [9.17, 15) is 14.4 Å². The predicted molar refractivity (Wildman–Crippen MR) is 83.0 cm³/mol. The van der Waals surface area contributed by atoms with Crippen LogP contribution in [-0.4, -0.2) is 37.1 Å². The number of benzene rings is 1. The van der Waals surface area contributed by atoms with Gasteiger partial charge in [0.05, 0.1) is 6.07 Å². The molecular weight excluding hydrogens is 295 g/mol. The average molecular weight is 316 g/mol. The molecule has 0 aromatic heterocycles. The van der Waals surface area contributed by atoms with Gasteiger partial charge in [-0.05, 0) is 37.0 Å². The number of hydrogen-bond acceptors (Lipinski definition) is 3. The summed E-state index contributed by atoms with van der Waals surface area (Å²) in [5.74, 6) is -0.331. The van der Waals surface area contributed by atoms with Crippen LogP contribution in [0.15, 0.2) is 24.3 Å². The van der Waals surface area contributed by atoms with Crippen LogP contribution in [0.2, 0.25) is 0 Å². The topological polar surface area (TPSA) is 53.3 Å². The molecular formula is C18H21FN2O2. The molecule has 1 atom stereocenters. The Morgan fingerprint density at radius 1 is 1.26 bits per heavy atom. The molecule has 0 bridgehead atoms. The second-order valence-corrected chi connectivity index (χ2v) is 6.85. The fraction of sp³-hybridized carbons (Fsp3) is 0.556. The third-order valence-corrected chi connectivity index (χ3v) is 5.27. The summed E-state index contributed by atoms with van der Waals surface area (Å²) >= 11 is 0. The van der Waals surface area contributed by atoms with Crippen LogP contribution in [-0.2, 0) is 14.9 Å². The van der Waals surface area contributed by atoms with E-state index in [2.05, 4.69) is 13.0 Å². The minimum atomic E-state index is -0.938. The highest BCUT2D eigenvalue weighted by Crippen LogP contribution is 2.38. The third-order valence-electron chi connectivity index (χ3n) is 5.27. The van der Waals surface area contributed by atoms with Crippen LogP contribution < -0.4 is 0 Å². The first-order valence-electron chi connectivity index (χ1n) is 8.04. The number of nitrogens with zero attached hydrogens (tertiary/aromatic N) is 2. The first kappa shape index (κ1) is 15.9. The molecule has 2 heterocycles. The molecule has 4 nitrogen and oxygen atoms in total. The zero-order valence-electron chi connectivity index (χ0n) is 13.3. The van der Waals surface area contributed by atoms with Crippen molar-refractivity contribution in [3.05, 3.63) is 35.6 Å². The number of amides is 1. The number of ether oxygens (including phenoxy) is 1. The van der Waals surface area contributed by atoms with Crippen LogP contribution >= 0.6 is 0 Å². The van der Waals surface area contributed by atoms with Crippen molar-refractivity contribution in [2.24, 2.45) is 5.41 Å². The number of halogens is 1. The Morgan fingerprint density at radius 2 is 1.91 bits per heavy atom. The van der Waals surface area contributed by atoms with Crippen molar-refractivity contribution in [1.29, 1.82) is 5.26 Å². The number of hydrogen-bond donors (Lipinski definition) is 0. The van der Waals surface area contributed by atoms with Crippen LogP contribution in [0, 0.1) is 22.6 Å². The lowest BCUT2D eigenvalue weighted by Crippen LogP contribution is -2.46. The molecule has 1 amide bonds. The summed E-state index contributed by atoms with van der Waals surface area (Å²) in [4.78, 5) is 14.7. The van der Waals surface area contributed by atoms with Crippen molar-refractivity contribution in [3.8, 4) is 6.07 Å². The van der Waals surface area contributed by atoms with Gasteiger partial charge in [-0.25, -0.2) is 4.39 Å². The molecule has 1 aromatic carbocycles. The van der Waals surface area contributed by atoms with Gasteiger partial charge in [-0.1, -0.05) is 19.1 Å². The third kappa shape index (κ3) is 2.84. The summed E-state index contributed by atoms with van der Waals surface area (Å²) in [5, 5.41) is 9.56. The molecule has 23 heavy (non-hydrogen) atoms. The Morgan fingerprint density at radius 3 is 2.52 bits per heavy atom. The molecule has 0 N–H and O–H groups in total. The molecule has 122 valence electrons. The Labute approximate surface area is 135 Å². The van der Waals surface area contributed by atoms with E-state index in [0.29, 0.717) is 39.1 Å². The zero-order chi connectivity index (χ0) is 16.5. The van der Waals surface area contributed by atoms with Gasteiger partial charge in [-0.15, -0.1) is 0 Å². The number of carbonyl (C=O) groups excluding carboxylic acids is 1. The Hall–Kier alpha value is -1.93. The zero-order valence-corrected chi connectivity index (χ0v) is 13.3. The van der Waals surface area contributed by atoms with Crippen LogP contribution in [0.1, 0.15) is 31.7 Å². The molecule has 2 aliphatic heterocycles. The van der Waals surface area contributed by atoms with E-state index in [1.807, 2.05) is 0 Å². The van der Waals surface area contributed by atoms with E-state index in [1.165, 1.54) is 12.1 Å². The van der Waals surface area contributed by atoms with Gasteiger partial charge < -0.3 is 9.64 Å². The molecule has 0 aliphatic carbocycles. The lowest BCUT2D eigenvalue weighted by atomic mass is 9.79. The second kappa shape index (κ2) is 5.93. The maximum absolute atomic E-state index is 13.1. The maximum Gasteiger partial charge on any atom is 0.243 e. The highest BCUT2D eigenvalue weighted by Gasteiger charge is 2.47. The summed E-state index contributed by atoms with van der Waals surface area (Å²) in [6.07, 6.45) is 1.75. The average Bonchev–Trinajstić information content (AvgIpc) is 2.99. The Balaban J connectivity index is 1.77. The van der Waals surface area contributed by atoms with Gasteiger partial charge in [0.1, 0.15) is 11.2 Å². The van der Waals surface area contributed by atoms with Crippen molar-refractivity contribution in [1.82, 2.24) is 4.90 Å². The molecule has 3 rings (SSSR count). The first-order chi connectivity index (χ1) is 11.0. The Bertz CT molecular complexity index is 631. The molecule has 2 aliphatic rings. The molecule has 0 saturated carbocycles. The van der Waals surface area contributed by atoms with Gasteiger partial charge in [0.2, 0.25) is 5.91 Å². The van der Waals surface area contributed by atoms with E-state index in [0.717, 1.165) is 12.0 Å². The normalized spacial score (nSPS) is 26.7. The number of carbonyl (C=O) groups is 1. The lowest BCUT2D eigenvalue weighted by Gasteiger charge is -2.34. The van der Waals surface area contributed by atoms with E-state index < -0.39 is 5.41 Å². The van der Waals surface area contributed by atoms with Crippen LogP contribution in [0.3, 0.4) is 0 Å². The molecule has 0 radical (unpaired) electrons. The van der Waals surface area contributed by atoms with E-state index >= 15 is 0 Å². The number of likely N-dealkylation sites (tertiary alicyclic amines) is 1. The minimum Gasteiger partial charge on any atom is -0.381 e. The smallest absolute Gasteiger partial charge is 0.243 e. The highest BCUT2D eigenvalue weighted by molar-refractivity contribution is 5.86. The minimum absolute atomic E-state index is 0.0749. The van der Waals surface area contributed by atoms with Crippen molar-refractivity contribution >= 4 is 5.91 Å². The largest absolute Gasteiger partial charge is 0.381 e. The lowest BCUT2D eigenvalue weighted by molar-refractivity contribution is -0.142. The highest BCUT2D eigenvalue weighted by atomic mass is 19.1. The molecule has 2 saturated heterocycles. The number of nitriles is 1. The summed E-state index contributed by atoms with van der Waals surface area (Å²) in [6, 6.07) is 8.74. The first-order valence-corrected chi connectivity index (χ1v) is 8.04. The van der Waals surface area contributed by atoms with E-state index in [4.69, 9.17) is 4.74 Å². The van der Waals surface area contributed by atoms with Crippen molar-refractivity contribution in [3.63, 3.8) is 0 Å². The standard InChI is InChI=1S/C18H21FN2O2/c1-17(14-2-4-15(19)5-3-14)6-9-21(13-17)16(22)18(12-20)7-10-23-11-8-18/h2-5H,6-11,13H2,1H3. The maximum atomic E-state index is 13.1. The second-order valence-electron chi connectivity index (χ2n) is 6.85. The van der Waals surface area contributed by atoms with Crippen LogP contribution in [0.25, 0.3) is 0 Å². The summed E-state index contributed by atoms with van der Waals surface area (Å²) < 4.78 is 18.4. The quantitative estimate of drug-likeness (QED) is 0.843. The molecule has 1 aromatic rings. The van der Waals surface area contributed by atoms with Crippen LogP contribution in [0.5, 0.6) is 0 Å². The molecule has 1 unspecified atom stereocenters. The van der Waals surface area contributed by atoms with Gasteiger partial charge in [0.15, 0.2) is 0 Å². The molecule has 0 spiro atoms. The van der Waals surface area contributed by atoms with Gasteiger partial charge in [0, 0.05) is 31.7 Å². The van der Waals surface area contributed by atoms with Gasteiger partial charge >= 0.3 is 0 Å². The fourth-order valence-corrected chi connectivity index (χ4v) is 3.62. The predicted octanol–water partition coefficient (Wildman–Crippen LogP) is 2.64. The van der Waals surface area contributed by atoms with E-state index in [-0.39, 0.29) is 17.1 Å². The van der Waals surface area contributed by atoms with Crippen LogP contribution in [0.4, 0.5) is 4.39 Å². The molecule has 5 heteroatoms. The van der Waals surface area contributed by atoms with Crippen molar-refractivity contribution in [2.75, 3.05) is 26.3 Å². The SMILES string of the molecule is CC1(c2ccc(F)cc2)CCN(C(=O)C2(C#N)CCOCC2)C1. The van der Waals surface area contributed by atoms with Crippen molar-refractivity contribution < 1.29 is 13.9 Å². The summed E-state index contributed by atoms with van der Waals surface area (Å²) in [7, 11) is 0. The monoisotopic (exact) mass is 316 g/mol. The summed E-state index contributed by atoms with van der Waals surface area (Å²) in [6.45, 7) is 4.22. The Kier molecular flexibility index (Phi) is 4.11. The van der Waals surface area contributed by atoms with Gasteiger partial charge in [0.25, 0.3) is 0 Å². The van der Waals surface area contributed by atoms with Crippen molar-refractivity contribution in [2.45, 2.75) is 31.6 Å². The fourth-order valence-electron chi connectivity index (χ4n) is 3.62. The van der Waals surface area contributed by atoms with Gasteiger partial charge in [-0.3, -0.25) is 4.79 Å². The molecule has 2 fully saturated rings. The van der Waals surface area contributed by atoms with E-state index in [1.54, 1.807) is 17.0 Å². The summed E-state index contributed by atoms with van der Waals surface area (Å²) in [5.41, 5.74) is -0.0931. The van der Waals surface area contributed by atoms with Gasteiger partial charge in [-0.2, -0.15) is 5.26 Å².